The standard InChI is InChI=1S/C11H23NO3/c1-5-6-7-15-11(13)8-12(3)10(2)9-14-4/h10H,5-9H2,1-4H3. The zero-order chi connectivity index (χ0) is 11.7. The minimum absolute atomic E-state index is 0.158. The molecule has 0 aliphatic rings. The number of rotatable bonds is 8. The van der Waals surface area contributed by atoms with E-state index in [4.69, 9.17) is 9.47 Å². The van der Waals surface area contributed by atoms with Gasteiger partial charge in [0.05, 0.1) is 19.8 Å². The van der Waals surface area contributed by atoms with Crippen LogP contribution in [0, 0.1) is 0 Å². The molecular formula is C11H23NO3. The number of hydrogen-bond donors (Lipinski definition) is 0. The molecule has 0 aliphatic heterocycles. The molecule has 0 fully saturated rings. The van der Waals surface area contributed by atoms with Crippen LogP contribution in [0.5, 0.6) is 0 Å². The minimum Gasteiger partial charge on any atom is -0.465 e. The quantitative estimate of drug-likeness (QED) is 0.454. The molecule has 0 rings (SSSR count). The lowest BCUT2D eigenvalue weighted by molar-refractivity contribution is -0.145. The molecule has 4 nitrogen and oxygen atoms in total. The van der Waals surface area contributed by atoms with Crippen molar-refractivity contribution < 1.29 is 14.3 Å². The van der Waals surface area contributed by atoms with E-state index in [0.29, 0.717) is 19.8 Å². The van der Waals surface area contributed by atoms with Gasteiger partial charge in [-0.1, -0.05) is 13.3 Å². The summed E-state index contributed by atoms with van der Waals surface area (Å²) in [5, 5.41) is 0. The van der Waals surface area contributed by atoms with E-state index in [1.54, 1.807) is 7.11 Å². The lowest BCUT2D eigenvalue weighted by Gasteiger charge is -2.22. The SMILES string of the molecule is CCCCOC(=O)CN(C)C(C)COC. The Morgan fingerprint density at radius 2 is 2.13 bits per heavy atom. The molecule has 0 bridgehead atoms. The second-order valence-corrected chi connectivity index (χ2v) is 3.79. The number of methoxy groups -OCH3 is 1. The summed E-state index contributed by atoms with van der Waals surface area (Å²) in [4.78, 5) is 13.3. The molecule has 0 saturated heterocycles. The second-order valence-electron chi connectivity index (χ2n) is 3.79. The molecule has 90 valence electrons. The van der Waals surface area contributed by atoms with Crippen molar-refractivity contribution in [3.05, 3.63) is 0 Å². The molecule has 0 saturated carbocycles. The van der Waals surface area contributed by atoms with Crippen molar-refractivity contribution in [1.82, 2.24) is 4.90 Å². The number of carbonyl (C=O) groups excluding carboxylic acids is 1. The number of ether oxygens (including phenoxy) is 2. The van der Waals surface area contributed by atoms with Gasteiger partial charge in [-0.15, -0.1) is 0 Å². The number of esters is 1. The largest absolute Gasteiger partial charge is 0.465 e. The summed E-state index contributed by atoms with van der Waals surface area (Å²) in [5.41, 5.74) is 0. The van der Waals surface area contributed by atoms with E-state index in [-0.39, 0.29) is 12.0 Å². The van der Waals surface area contributed by atoms with Crippen molar-refractivity contribution in [2.75, 3.05) is 33.9 Å². The smallest absolute Gasteiger partial charge is 0.320 e. The van der Waals surface area contributed by atoms with E-state index in [0.717, 1.165) is 12.8 Å². The first kappa shape index (κ1) is 14.4. The zero-order valence-electron chi connectivity index (χ0n) is 10.3. The van der Waals surface area contributed by atoms with E-state index in [2.05, 4.69) is 6.92 Å². The highest BCUT2D eigenvalue weighted by Crippen LogP contribution is 1.97. The van der Waals surface area contributed by atoms with Crippen LogP contribution in [0.2, 0.25) is 0 Å². The van der Waals surface area contributed by atoms with Crippen molar-refractivity contribution in [2.45, 2.75) is 32.7 Å². The monoisotopic (exact) mass is 217 g/mol. The van der Waals surface area contributed by atoms with Gasteiger partial charge in [0.2, 0.25) is 0 Å². The first-order valence-corrected chi connectivity index (χ1v) is 5.46. The molecular weight excluding hydrogens is 194 g/mol. The van der Waals surface area contributed by atoms with Crippen molar-refractivity contribution in [1.29, 1.82) is 0 Å². The first-order valence-electron chi connectivity index (χ1n) is 5.46. The van der Waals surface area contributed by atoms with Crippen LogP contribution in [0.15, 0.2) is 0 Å². The predicted molar refractivity (Wildman–Crippen MR) is 59.8 cm³/mol. The molecule has 0 aromatic rings. The average Bonchev–Trinajstić information content (AvgIpc) is 2.18. The van der Waals surface area contributed by atoms with Crippen LogP contribution in [0.25, 0.3) is 0 Å². The van der Waals surface area contributed by atoms with Gasteiger partial charge in [0, 0.05) is 13.2 Å². The van der Waals surface area contributed by atoms with E-state index < -0.39 is 0 Å². The zero-order valence-corrected chi connectivity index (χ0v) is 10.3. The van der Waals surface area contributed by atoms with Gasteiger partial charge < -0.3 is 9.47 Å². The molecule has 0 aromatic carbocycles. The Hall–Kier alpha value is -0.610. The highest BCUT2D eigenvalue weighted by atomic mass is 16.5. The molecule has 1 atom stereocenters. The highest BCUT2D eigenvalue weighted by Gasteiger charge is 2.13. The molecule has 0 amide bonds. The van der Waals surface area contributed by atoms with Crippen LogP contribution in [0.1, 0.15) is 26.7 Å². The lowest BCUT2D eigenvalue weighted by atomic mass is 10.3. The van der Waals surface area contributed by atoms with Gasteiger partial charge in [0.1, 0.15) is 0 Å². The maximum atomic E-state index is 11.3. The number of carbonyl (C=O) groups is 1. The molecule has 0 radical (unpaired) electrons. The van der Waals surface area contributed by atoms with Gasteiger partial charge in [-0.25, -0.2) is 0 Å². The molecule has 0 aliphatic carbocycles. The molecule has 0 heterocycles. The summed E-state index contributed by atoms with van der Waals surface area (Å²) in [5.74, 6) is -0.158. The van der Waals surface area contributed by atoms with Gasteiger partial charge in [0.15, 0.2) is 0 Å². The first-order chi connectivity index (χ1) is 7.11. The van der Waals surface area contributed by atoms with Crippen molar-refractivity contribution >= 4 is 5.97 Å². The van der Waals surface area contributed by atoms with Crippen LogP contribution in [0.4, 0.5) is 0 Å². The topological polar surface area (TPSA) is 38.8 Å². The summed E-state index contributed by atoms with van der Waals surface area (Å²) in [6, 6.07) is 0.230. The second kappa shape index (κ2) is 8.68. The summed E-state index contributed by atoms with van der Waals surface area (Å²) < 4.78 is 10.1. The molecule has 4 heteroatoms. The predicted octanol–water partition coefficient (Wildman–Crippen LogP) is 1.30. The molecule has 15 heavy (non-hydrogen) atoms. The fraction of sp³-hybridized carbons (Fsp3) is 0.909. The third-order valence-corrected chi connectivity index (χ3v) is 2.30. The van der Waals surface area contributed by atoms with Gasteiger partial charge in [-0.05, 0) is 20.4 Å². The van der Waals surface area contributed by atoms with Crippen LogP contribution in [0.3, 0.4) is 0 Å². The lowest BCUT2D eigenvalue weighted by Crippen LogP contribution is -2.37. The van der Waals surface area contributed by atoms with Gasteiger partial charge in [-0.2, -0.15) is 0 Å². The van der Waals surface area contributed by atoms with E-state index in [9.17, 15) is 4.79 Å². The van der Waals surface area contributed by atoms with Crippen LogP contribution in [-0.2, 0) is 14.3 Å². The van der Waals surface area contributed by atoms with Gasteiger partial charge in [-0.3, -0.25) is 9.69 Å². The Bertz CT molecular complexity index is 173. The Balaban J connectivity index is 3.65. The maximum Gasteiger partial charge on any atom is 0.320 e. The molecule has 0 aromatic heterocycles. The van der Waals surface area contributed by atoms with Crippen molar-refractivity contribution in [2.24, 2.45) is 0 Å². The summed E-state index contributed by atoms with van der Waals surface area (Å²) in [6.45, 7) is 5.57. The van der Waals surface area contributed by atoms with Crippen LogP contribution < -0.4 is 0 Å². The van der Waals surface area contributed by atoms with E-state index in [1.807, 2.05) is 18.9 Å². The fourth-order valence-electron chi connectivity index (χ4n) is 1.10. The van der Waals surface area contributed by atoms with Crippen molar-refractivity contribution in [3.63, 3.8) is 0 Å². The Morgan fingerprint density at radius 1 is 1.47 bits per heavy atom. The van der Waals surface area contributed by atoms with E-state index >= 15 is 0 Å². The number of unbranched alkanes of at least 4 members (excludes halogenated alkanes) is 1. The Labute approximate surface area is 92.5 Å². The maximum absolute atomic E-state index is 11.3. The third-order valence-electron chi connectivity index (χ3n) is 2.30. The van der Waals surface area contributed by atoms with Crippen molar-refractivity contribution in [3.8, 4) is 0 Å². The Kier molecular flexibility index (Phi) is 8.33. The molecule has 1 unspecified atom stereocenters. The normalized spacial score (nSPS) is 12.9. The Morgan fingerprint density at radius 3 is 2.67 bits per heavy atom. The minimum atomic E-state index is -0.158. The average molecular weight is 217 g/mol. The van der Waals surface area contributed by atoms with Crippen LogP contribution >= 0.6 is 0 Å². The number of likely N-dealkylation sites (N-methyl/N-ethyl adjacent to an activating group) is 1. The fourth-order valence-corrected chi connectivity index (χ4v) is 1.10. The van der Waals surface area contributed by atoms with Crippen LogP contribution in [-0.4, -0.2) is 50.8 Å². The summed E-state index contributed by atoms with van der Waals surface area (Å²) >= 11 is 0. The molecule has 0 spiro atoms. The summed E-state index contributed by atoms with van der Waals surface area (Å²) in [7, 11) is 3.55. The number of nitrogens with zero attached hydrogens (tertiary/aromatic N) is 1. The highest BCUT2D eigenvalue weighted by molar-refractivity contribution is 5.71. The molecule has 0 N–H and O–H groups in total. The third kappa shape index (κ3) is 7.33. The van der Waals surface area contributed by atoms with Gasteiger partial charge in [0.25, 0.3) is 0 Å². The summed E-state index contributed by atoms with van der Waals surface area (Å²) in [6.07, 6.45) is 1.98. The van der Waals surface area contributed by atoms with Gasteiger partial charge >= 0.3 is 5.97 Å². The number of hydrogen-bond acceptors (Lipinski definition) is 4. The van der Waals surface area contributed by atoms with E-state index in [1.165, 1.54) is 0 Å².